The second-order valence-electron chi connectivity index (χ2n) is 2.94. The summed E-state index contributed by atoms with van der Waals surface area (Å²) in [4.78, 5) is 22.7. The molecule has 1 heterocycles. The summed E-state index contributed by atoms with van der Waals surface area (Å²) in [6.07, 6.45) is 0. The number of amides is 1. The quantitative estimate of drug-likeness (QED) is 0.582. The molecule has 0 atom stereocenters. The van der Waals surface area contributed by atoms with Crippen LogP contribution < -0.4 is 4.90 Å². The van der Waals surface area contributed by atoms with Crippen molar-refractivity contribution < 1.29 is 18.4 Å². The first-order valence-electron chi connectivity index (χ1n) is 3.98. The van der Waals surface area contributed by atoms with Crippen molar-refractivity contribution in [2.24, 2.45) is 0 Å². The first kappa shape index (κ1) is 10.2. The summed E-state index contributed by atoms with van der Waals surface area (Å²) >= 11 is 3.09. The fourth-order valence-corrected chi connectivity index (χ4v) is 1.77. The molecular formula is C9H4BrF2NO2. The standard InChI is InChI=1S/C9H4BrF2NO2/c10-4-1-2-5-6(3-4)13(9(11)12)8(15)7(5)14/h1-3,9H. The fourth-order valence-electron chi connectivity index (χ4n) is 1.42. The number of ketones is 1. The van der Waals surface area contributed by atoms with Gasteiger partial charge in [-0.3, -0.25) is 9.59 Å². The number of benzene rings is 1. The minimum absolute atomic E-state index is 0.0171. The predicted octanol–water partition coefficient (Wildman–Crippen LogP) is 2.20. The van der Waals surface area contributed by atoms with Crippen molar-refractivity contribution in [1.82, 2.24) is 0 Å². The molecule has 15 heavy (non-hydrogen) atoms. The van der Waals surface area contributed by atoms with Crippen molar-refractivity contribution >= 4 is 33.3 Å². The SMILES string of the molecule is O=C1C(=O)N(C(F)F)c2cc(Br)ccc21. The Balaban J connectivity index is 2.62. The van der Waals surface area contributed by atoms with Crippen LogP contribution >= 0.6 is 15.9 Å². The predicted molar refractivity (Wildman–Crippen MR) is 52.0 cm³/mol. The summed E-state index contributed by atoms with van der Waals surface area (Å²) in [6.45, 7) is -3.00. The zero-order valence-electron chi connectivity index (χ0n) is 7.21. The molecule has 0 spiro atoms. The van der Waals surface area contributed by atoms with Gasteiger partial charge < -0.3 is 0 Å². The fraction of sp³-hybridized carbons (Fsp3) is 0.111. The number of alkyl halides is 2. The van der Waals surface area contributed by atoms with E-state index in [0.29, 0.717) is 4.47 Å². The van der Waals surface area contributed by atoms with E-state index in [1.807, 2.05) is 0 Å². The molecule has 0 aliphatic carbocycles. The molecular weight excluding hydrogens is 272 g/mol. The molecule has 1 aliphatic rings. The van der Waals surface area contributed by atoms with Crippen LogP contribution in [0, 0.1) is 0 Å². The third-order valence-corrected chi connectivity index (χ3v) is 2.57. The molecule has 0 saturated heterocycles. The van der Waals surface area contributed by atoms with E-state index in [-0.39, 0.29) is 16.2 Å². The lowest BCUT2D eigenvalue weighted by atomic mass is 10.1. The maximum Gasteiger partial charge on any atom is 0.321 e. The Bertz CT molecular complexity index is 461. The topological polar surface area (TPSA) is 37.4 Å². The lowest BCUT2D eigenvalue weighted by molar-refractivity contribution is -0.116. The van der Waals surface area contributed by atoms with Gasteiger partial charge in [-0.25, -0.2) is 4.90 Å². The maximum atomic E-state index is 12.5. The summed E-state index contributed by atoms with van der Waals surface area (Å²) in [5, 5.41) is 0. The average Bonchev–Trinajstić information content (AvgIpc) is 2.39. The van der Waals surface area contributed by atoms with Crippen LogP contribution in [0.4, 0.5) is 14.5 Å². The summed E-state index contributed by atoms with van der Waals surface area (Å²) in [7, 11) is 0. The van der Waals surface area contributed by atoms with E-state index in [2.05, 4.69) is 15.9 Å². The number of hydrogen-bond acceptors (Lipinski definition) is 2. The van der Waals surface area contributed by atoms with Gasteiger partial charge >= 0.3 is 12.5 Å². The van der Waals surface area contributed by atoms with Crippen LogP contribution in [0.2, 0.25) is 0 Å². The number of fused-ring (bicyclic) bond motifs is 1. The van der Waals surface area contributed by atoms with E-state index in [0.717, 1.165) is 0 Å². The third-order valence-electron chi connectivity index (χ3n) is 2.07. The second kappa shape index (κ2) is 3.37. The molecule has 2 rings (SSSR count). The van der Waals surface area contributed by atoms with E-state index in [9.17, 15) is 18.4 Å². The van der Waals surface area contributed by atoms with Crippen LogP contribution in [0.5, 0.6) is 0 Å². The highest BCUT2D eigenvalue weighted by atomic mass is 79.9. The zero-order chi connectivity index (χ0) is 11.2. The largest absolute Gasteiger partial charge is 0.321 e. The van der Waals surface area contributed by atoms with E-state index in [4.69, 9.17) is 0 Å². The Labute approximate surface area is 91.8 Å². The van der Waals surface area contributed by atoms with Crippen LogP contribution in [-0.2, 0) is 4.79 Å². The van der Waals surface area contributed by atoms with Gasteiger partial charge in [0.2, 0.25) is 0 Å². The molecule has 1 aromatic carbocycles. The van der Waals surface area contributed by atoms with Gasteiger partial charge in [0.25, 0.3) is 5.78 Å². The lowest BCUT2D eigenvalue weighted by Crippen LogP contribution is -2.34. The molecule has 0 bridgehead atoms. The number of hydrogen-bond donors (Lipinski definition) is 0. The third kappa shape index (κ3) is 1.45. The van der Waals surface area contributed by atoms with Crippen molar-refractivity contribution in [3.63, 3.8) is 0 Å². The second-order valence-corrected chi connectivity index (χ2v) is 3.86. The zero-order valence-corrected chi connectivity index (χ0v) is 8.79. The number of Topliss-reactive ketones (excluding diaryl/α,β-unsaturated/α-hetero) is 1. The van der Waals surface area contributed by atoms with Crippen LogP contribution in [0.25, 0.3) is 0 Å². The molecule has 6 heteroatoms. The van der Waals surface area contributed by atoms with Crippen LogP contribution in [-0.4, -0.2) is 18.2 Å². The van der Waals surface area contributed by atoms with Gasteiger partial charge in [0.1, 0.15) is 0 Å². The van der Waals surface area contributed by atoms with Crippen molar-refractivity contribution in [3.05, 3.63) is 28.2 Å². The van der Waals surface area contributed by atoms with E-state index >= 15 is 0 Å². The highest BCUT2D eigenvalue weighted by Crippen LogP contribution is 2.33. The van der Waals surface area contributed by atoms with Gasteiger partial charge in [0, 0.05) is 4.47 Å². The van der Waals surface area contributed by atoms with Gasteiger partial charge in [-0.05, 0) is 18.2 Å². The van der Waals surface area contributed by atoms with Crippen molar-refractivity contribution in [2.75, 3.05) is 4.90 Å². The first-order chi connectivity index (χ1) is 7.02. The number of rotatable bonds is 1. The minimum Gasteiger partial charge on any atom is -0.283 e. The van der Waals surface area contributed by atoms with Gasteiger partial charge in [-0.15, -0.1) is 0 Å². The molecule has 1 aliphatic heterocycles. The van der Waals surface area contributed by atoms with Crippen molar-refractivity contribution in [3.8, 4) is 0 Å². The highest BCUT2D eigenvalue weighted by molar-refractivity contribution is 9.10. The molecule has 0 fully saturated rings. The summed E-state index contributed by atoms with van der Waals surface area (Å²) in [5.74, 6) is -2.07. The number of halogens is 3. The number of anilines is 1. The van der Waals surface area contributed by atoms with E-state index in [1.165, 1.54) is 18.2 Å². The monoisotopic (exact) mass is 275 g/mol. The highest BCUT2D eigenvalue weighted by Gasteiger charge is 2.40. The molecule has 0 aromatic heterocycles. The Hall–Kier alpha value is -1.30. The summed E-state index contributed by atoms with van der Waals surface area (Å²) in [5.41, 5.74) is -0.0297. The Morgan fingerprint density at radius 2 is 1.93 bits per heavy atom. The molecule has 0 radical (unpaired) electrons. The molecule has 1 amide bonds. The summed E-state index contributed by atoms with van der Waals surface area (Å²) < 4.78 is 25.6. The molecule has 0 unspecified atom stereocenters. The van der Waals surface area contributed by atoms with Crippen LogP contribution in [0.3, 0.4) is 0 Å². The lowest BCUT2D eigenvalue weighted by Gasteiger charge is -2.14. The first-order valence-corrected chi connectivity index (χ1v) is 4.77. The number of carbonyl (C=O) groups excluding carboxylic acids is 2. The molecule has 0 saturated carbocycles. The van der Waals surface area contributed by atoms with Gasteiger partial charge in [0.05, 0.1) is 11.3 Å². The van der Waals surface area contributed by atoms with E-state index in [1.54, 1.807) is 0 Å². The molecule has 0 N–H and O–H groups in total. The van der Waals surface area contributed by atoms with Gasteiger partial charge in [-0.2, -0.15) is 8.78 Å². The van der Waals surface area contributed by atoms with Crippen molar-refractivity contribution in [1.29, 1.82) is 0 Å². The van der Waals surface area contributed by atoms with Gasteiger partial charge in [0.15, 0.2) is 0 Å². The molecule has 1 aromatic rings. The average molecular weight is 276 g/mol. The Morgan fingerprint density at radius 1 is 1.27 bits per heavy atom. The normalized spacial score (nSPS) is 15.1. The molecule has 3 nitrogen and oxygen atoms in total. The van der Waals surface area contributed by atoms with E-state index < -0.39 is 18.2 Å². The van der Waals surface area contributed by atoms with Crippen molar-refractivity contribution in [2.45, 2.75) is 6.55 Å². The van der Waals surface area contributed by atoms with Gasteiger partial charge in [-0.1, -0.05) is 15.9 Å². The molecule has 78 valence electrons. The minimum atomic E-state index is -3.00. The number of nitrogens with zero attached hydrogens (tertiary/aromatic N) is 1. The van der Waals surface area contributed by atoms with Crippen LogP contribution in [0.1, 0.15) is 10.4 Å². The maximum absolute atomic E-state index is 12.5. The Morgan fingerprint density at radius 3 is 2.53 bits per heavy atom. The smallest absolute Gasteiger partial charge is 0.283 e. The Kier molecular flexibility index (Phi) is 2.30. The summed E-state index contributed by atoms with van der Waals surface area (Å²) in [6, 6.07) is 4.20. The van der Waals surface area contributed by atoms with Crippen LogP contribution in [0.15, 0.2) is 22.7 Å². The number of carbonyl (C=O) groups is 2.